The zero-order valence-electron chi connectivity index (χ0n) is 11.8. The summed E-state index contributed by atoms with van der Waals surface area (Å²) in [5.74, 6) is 4.18. The van der Waals surface area contributed by atoms with Crippen molar-refractivity contribution in [1.29, 1.82) is 0 Å². The molecule has 0 spiro atoms. The van der Waals surface area contributed by atoms with Crippen molar-refractivity contribution in [2.45, 2.75) is 44.8 Å². The van der Waals surface area contributed by atoms with Gasteiger partial charge in [-0.2, -0.15) is 16.9 Å². The lowest BCUT2D eigenvalue weighted by molar-refractivity contribution is -0.122. The Morgan fingerprint density at radius 2 is 2.50 bits per heavy atom. The molecule has 1 amide bonds. The third-order valence-electron chi connectivity index (χ3n) is 3.76. The molecule has 1 aromatic rings. The molecule has 1 fully saturated rings. The predicted octanol–water partition coefficient (Wildman–Crippen LogP) is 0.113. The summed E-state index contributed by atoms with van der Waals surface area (Å²) in [4.78, 5) is 16.5. The predicted molar refractivity (Wildman–Crippen MR) is 78.7 cm³/mol. The Morgan fingerprint density at radius 3 is 3.30 bits per heavy atom. The SMILES string of the molecule is Cc1nc2n(n1)CC(NC(=O)CC1CSCCN1)CC2. The summed E-state index contributed by atoms with van der Waals surface area (Å²) >= 11 is 1.92. The molecule has 1 aromatic heterocycles. The highest BCUT2D eigenvalue weighted by Crippen LogP contribution is 2.14. The summed E-state index contributed by atoms with van der Waals surface area (Å²) in [6.07, 6.45) is 2.42. The number of hydrogen-bond donors (Lipinski definition) is 2. The van der Waals surface area contributed by atoms with Crippen LogP contribution in [0, 0.1) is 6.92 Å². The number of hydrogen-bond acceptors (Lipinski definition) is 5. The highest BCUT2D eigenvalue weighted by atomic mass is 32.2. The molecule has 2 unspecified atom stereocenters. The zero-order valence-corrected chi connectivity index (χ0v) is 12.6. The van der Waals surface area contributed by atoms with Crippen molar-refractivity contribution in [1.82, 2.24) is 25.4 Å². The molecule has 20 heavy (non-hydrogen) atoms. The van der Waals surface area contributed by atoms with Gasteiger partial charge in [0.05, 0.1) is 6.54 Å². The third kappa shape index (κ3) is 3.32. The summed E-state index contributed by atoms with van der Waals surface area (Å²) < 4.78 is 1.93. The van der Waals surface area contributed by atoms with Gasteiger partial charge in [0.25, 0.3) is 0 Å². The van der Waals surface area contributed by atoms with Crippen molar-refractivity contribution in [3.05, 3.63) is 11.6 Å². The normalized spacial score (nSPS) is 26.1. The van der Waals surface area contributed by atoms with Gasteiger partial charge >= 0.3 is 0 Å². The zero-order chi connectivity index (χ0) is 13.9. The summed E-state index contributed by atoms with van der Waals surface area (Å²) in [6, 6.07) is 0.508. The van der Waals surface area contributed by atoms with Crippen LogP contribution in [-0.2, 0) is 17.8 Å². The van der Waals surface area contributed by atoms with E-state index in [1.807, 2.05) is 23.4 Å². The highest BCUT2D eigenvalue weighted by Gasteiger charge is 2.23. The fraction of sp³-hybridized carbons (Fsp3) is 0.769. The van der Waals surface area contributed by atoms with Crippen molar-refractivity contribution in [2.24, 2.45) is 0 Å². The number of aryl methyl sites for hydroxylation is 2. The van der Waals surface area contributed by atoms with Gasteiger partial charge in [-0.25, -0.2) is 9.67 Å². The van der Waals surface area contributed by atoms with Crippen LogP contribution in [0.3, 0.4) is 0 Å². The maximum absolute atomic E-state index is 12.1. The van der Waals surface area contributed by atoms with E-state index in [2.05, 4.69) is 20.7 Å². The minimum atomic E-state index is 0.148. The van der Waals surface area contributed by atoms with Crippen molar-refractivity contribution >= 4 is 17.7 Å². The van der Waals surface area contributed by atoms with E-state index in [0.29, 0.717) is 12.5 Å². The molecule has 110 valence electrons. The van der Waals surface area contributed by atoms with Gasteiger partial charge in [0.2, 0.25) is 5.91 Å². The van der Waals surface area contributed by atoms with E-state index in [9.17, 15) is 4.79 Å². The van der Waals surface area contributed by atoms with Gasteiger partial charge < -0.3 is 10.6 Å². The number of amides is 1. The number of carbonyl (C=O) groups is 1. The monoisotopic (exact) mass is 295 g/mol. The molecule has 2 aliphatic heterocycles. The molecule has 6 nitrogen and oxygen atoms in total. The number of nitrogens with one attached hydrogen (secondary N) is 2. The lowest BCUT2D eigenvalue weighted by Crippen LogP contribution is -2.45. The Balaban J connectivity index is 1.50. The van der Waals surface area contributed by atoms with Crippen LogP contribution in [0.15, 0.2) is 0 Å². The van der Waals surface area contributed by atoms with Crippen LogP contribution in [-0.4, -0.2) is 50.8 Å². The van der Waals surface area contributed by atoms with E-state index in [1.54, 1.807) is 0 Å². The molecule has 0 radical (unpaired) electrons. The summed E-state index contributed by atoms with van der Waals surface area (Å²) in [7, 11) is 0. The molecular formula is C13H21N5OS. The lowest BCUT2D eigenvalue weighted by Gasteiger charge is -2.26. The number of fused-ring (bicyclic) bond motifs is 1. The summed E-state index contributed by atoms with van der Waals surface area (Å²) in [5.41, 5.74) is 0. The second kappa shape index (κ2) is 6.13. The van der Waals surface area contributed by atoms with Crippen LogP contribution in [0.4, 0.5) is 0 Å². The van der Waals surface area contributed by atoms with Crippen LogP contribution in [0.1, 0.15) is 24.5 Å². The van der Waals surface area contributed by atoms with Crippen LogP contribution >= 0.6 is 11.8 Å². The first-order valence-corrected chi connectivity index (χ1v) is 8.37. The van der Waals surface area contributed by atoms with Gasteiger partial charge in [-0.3, -0.25) is 4.79 Å². The maximum atomic E-state index is 12.1. The summed E-state index contributed by atoms with van der Waals surface area (Å²) in [6.45, 7) is 3.66. The molecule has 0 aromatic carbocycles. The molecule has 3 rings (SSSR count). The highest BCUT2D eigenvalue weighted by molar-refractivity contribution is 7.99. The molecule has 0 saturated carbocycles. The standard InChI is InChI=1S/C13H21N5OS/c1-9-15-12-3-2-10(7-18(12)17-9)16-13(19)6-11-8-20-5-4-14-11/h10-11,14H,2-8H2,1H3,(H,16,19). The Labute approximate surface area is 123 Å². The fourth-order valence-electron chi connectivity index (χ4n) is 2.81. The minimum Gasteiger partial charge on any atom is -0.351 e. The lowest BCUT2D eigenvalue weighted by atomic mass is 10.1. The van der Waals surface area contributed by atoms with Crippen molar-refractivity contribution < 1.29 is 4.79 Å². The van der Waals surface area contributed by atoms with Crippen molar-refractivity contribution in [3.8, 4) is 0 Å². The Hall–Kier alpha value is -1.08. The molecule has 0 aliphatic carbocycles. The molecule has 2 atom stereocenters. The smallest absolute Gasteiger partial charge is 0.221 e. The van der Waals surface area contributed by atoms with E-state index in [0.717, 1.165) is 49.1 Å². The summed E-state index contributed by atoms with van der Waals surface area (Å²) in [5, 5.41) is 10.9. The Morgan fingerprint density at radius 1 is 1.60 bits per heavy atom. The topological polar surface area (TPSA) is 71.8 Å². The van der Waals surface area contributed by atoms with Gasteiger partial charge in [0.15, 0.2) is 0 Å². The van der Waals surface area contributed by atoms with Gasteiger partial charge in [-0.15, -0.1) is 0 Å². The van der Waals surface area contributed by atoms with E-state index in [1.165, 1.54) is 0 Å². The minimum absolute atomic E-state index is 0.148. The molecule has 2 N–H and O–H groups in total. The van der Waals surface area contributed by atoms with Crippen molar-refractivity contribution in [2.75, 3.05) is 18.1 Å². The number of nitrogens with zero attached hydrogens (tertiary/aromatic N) is 3. The molecule has 3 heterocycles. The Bertz CT molecular complexity index is 483. The van der Waals surface area contributed by atoms with E-state index in [4.69, 9.17) is 0 Å². The second-order valence-corrected chi connectivity index (χ2v) is 6.64. The van der Waals surface area contributed by atoms with E-state index >= 15 is 0 Å². The third-order valence-corrected chi connectivity index (χ3v) is 4.89. The average molecular weight is 295 g/mol. The first kappa shape index (κ1) is 13.9. The molecule has 1 saturated heterocycles. The number of rotatable bonds is 3. The van der Waals surface area contributed by atoms with Crippen molar-refractivity contribution in [3.63, 3.8) is 0 Å². The average Bonchev–Trinajstić information content (AvgIpc) is 2.79. The molecule has 2 aliphatic rings. The van der Waals surface area contributed by atoms with Gasteiger partial charge in [-0.1, -0.05) is 0 Å². The van der Waals surface area contributed by atoms with Gasteiger partial charge in [0, 0.05) is 43.0 Å². The number of carbonyl (C=O) groups excluding carboxylic acids is 1. The molecule has 0 bridgehead atoms. The van der Waals surface area contributed by atoms with Gasteiger partial charge in [0.1, 0.15) is 11.6 Å². The molecular weight excluding hydrogens is 274 g/mol. The Kier molecular flexibility index (Phi) is 4.26. The first-order valence-electron chi connectivity index (χ1n) is 7.21. The fourth-order valence-corrected chi connectivity index (χ4v) is 3.76. The van der Waals surface area contributed by atoms with Gasteiger partial charge in [-0.05, 0) is 13.3 Å². The number of thioether (sulfide) groups is 1. The largest absolute Gasteiger partial charge is 0.351 e. The number of aromatic nitrogens is 3. The maximum Gasteiger partial charge on any atom is 0.221 e. The van der Waals surface area contributed by atoms with E-state index in [-0.39, 0.29) is 11.9 Å². The quantitative estimate of drug-likeness (QED) is 0.828. The van der Waals surface area contributed by atoms with Crippen LogP contribution in [0.25, 0.3) is 0 Å². The van der Waals surface area contributed by atoms with Crippen LogP contribution in [0.2, 0.25) is 0 Å². The van der Waals surface area contributed by atoms with E-state index < -0.39 is 0 Å². The second-order valence-electron chi connectivity index (χ2n) is 5.49. The first-order chi connectivity index (χ1) is 9.70. The molecule has 7 heteroatoms. The van der Waals surface area contributed by atoms with Crippen LogP contribution < -0.4 is 10.6 Å². The van der Waals surface area contributed by atoms with Crippen LogP contribution in [0.5, 0.6) is 0 Å².